The fraction of sp³-hybridized carbons (Fsp3) is 0.588. The highest BCUT2D eigenvalue weighted by atomic mass is 16.3. The SMILES string of the molecule is C=C(C)C1CCC23CC=CC4C(C5(O)CCCC5CCc5ccccc5)CCC42C=CC(C)=C3C1. The van der Waals surface area contributed by atoms with Crippen LogP contribution in [0.5, 0.6) is 0 Å². The van der Waals surface area contributed by atoms with E-state index < -0.39 is 5.60 Å². The zero-order chi connectivity index (χ0) is 24.3. The van der Waals surface area contributed by atoms with Crippen molar-refractivity contribution >= 4 is 0 Å². The molecule has 186 valence electrons. The van der Waals surface area contributed by atoms with E-state index in [9.17, 15) is 5.11 Å². The molecule has 0 aliphatic heterocycles. The van der Waals surface area contributed by atoms with Gasteiger partial charge in [0.05, 0.1) is 5.60 Å². The van der Waals surface area contributed by atoms with Gasteiger partial charge in [0, 0.05) is 10.8 Å². The first-order valence-electron chi connectivity index (χ1n) is 14.4. The number of allylic oxidation sites excluding steroid dienone is 7. The van der Waals surface area contributed by atoms with Gasteiger partial charge in [-0.05, 0) is 107 Å². The lowest BCUT2D eigenvalue weighted by atomic mass is 9.44. The second kappa shape index (κ2) is 8.62. The van der Waals surface area contributed by atoms with E-state index in [1.807, 2.05) is 0 Å². The van der Waals surface area contributed by atoms with Gasteiger partial charge in [-0.2, -0.15) is 0 Å². The predicted molar refractivity (Wildman–Crippen MR) is 146 cm³/mol. The minimum atomic E-state index is -0.509. The number of aliphatic hydroxyl groups is 1. The monoisotopic (exact) mass is 468 g/mol. The van der Waals surface area contributed by atoms with Crippen LogP contribution in [-0.2, 0) is 6.42 Å². The van der Waals surface area contributed by atoms with E-state index in [0.717, 1.165) is 19.3 Å². The minimum Gasteiger partial charge on any atom is -0.389 e. The van der Waals surface area contributed by atoms with Crippen molar-refractivity contribution in [2.75, 3.05) is 0 Å². The topological polar surface area (TPSA) is 20.2 Å². The van der Waals surface area contributed by atoms with Crippen LogP contribution in [0.15, 0.2) is 77.9 Å². The van der Waals surface area contributed by atoms with Gasteiger partial charge in [0.1, 0.15) is 0 Å². The summed E-state index contributed by atoms with van der Waals surface area (Å²) in [5, 5.41) is 12.4. The van der Waals surface area contributed by atoms with Crippen molar-refractivity contribution in [2.24, 2.45) is 34.5 Å². The number of hydrogen-bond acceptors (Lipinski definition) is 1. The van der Waals surface area contributed by atoms with Crippen molar-refractivity contribution in [3.05, 3.63) is 83.5 Å². The van der Waals surface area contributed by atoms with Gasteiger partial charge >= 0.3 is 0 Å². The average Bonchev–Trinajstić information content (AvgIpc) is 3.44. The first kappa shape index (κ1) is 23.5. The van der Waals surface area contributed by atoms with E-state index in [-0.39, 0.29) is 10.8 Å². The highest BCUT2D eigenvalue weighted by molar-refractivity contribution is 5.45. The van der Waals surface area contributed by atoms with Gasteiger partial charge in [0.2, 0.25) is 0 Å². The fourth-order valence-corrected chi connectivity index (χ4v) is 9.63. The summed E-state index contributed by atoms with van der Waals surface area (Å²) in [7, 11) is 0. The molecule has 6 rings (SSSR count). The molecule has 7 atom stereocenters. The zero-order valence-electron chi connectivity index (χ0n) is 21.9. The summed E-state index contributed by atoms with van der Waals surface area (Å²) >= 11 is 0. The second-order valence-corrected chi connectivity index (χ2v) is 12.8. The highest BCUT2D eigenvalue weighted by Gasteiger charge is 2.66. The molecular weight excluding hydrogens is 424 g/mol. The van der Waals surface area contributed by atoms with Crippen molar-refractivity contribution in [3.63, 3.8) is 0 Å². The van der Waals surface area contributed by atoms with E-state index in [1.54, 1.807) is 5.57 Å². The van der Waals surface area contributed by atoms with E-state index in [0.29, 0.717) is 23.7 Å². The summed E-state index contributed by atoms with van der Waals surface area (Å²) in [4.78, 5) is 0. The van der Waals surface area contributed by atoms with Crippen LogP contribution in [0, 0.1) is 34.5 Å². The molecule has 35 heavy (non-hydrogen) atoms. The maximum absolute atomic E-state index is 12.4. The summed E-state index contributed by atoms with van der Waals surface area (Å²) < 4.78 is 0. The summed E-state index contributed by atoms with van der Waals surface area (Å²) in [6.07, 6.45) is 23.1. The molecule has 3 fully saturated rings. The number of hydrogen-bond donors (Lipinski definition) is 1. The Morgan fingerprint density at radius 2 is 1.91 bits per heavy atom. The minimum absolute atomic E-state index is 0.198. The standard InChI is InChI=1S/C34H44O/c1-24(2)27-16-21-32-18-8-12-29-30(17-22-33(29,32)20-15-25(3)31(32)23-27)34(35)19-7-11-28(34)14-13-26-9-5-4-6-10-26/h4-6,8-10,12,15,20,27-30,35H,1,7,11,13-14,16-19,21-23H2,2-3H3. The Morgan fingerprint density at radius 1 is 1.09 bits per heavy atom. The molecule has 1 heteroatoms. The van der Waals surface area contributed by atoms with E-state index >= 15 is 0 Å². The van der Waals surface area contributed by atoms with Gasteiger partial charge in [-0.3, -0.25) is 0 Å². The van der Waals surface area contributed by atoms with E-state index in [2.05, 4.69) is 75.1 Å². The molecule has 0 heterocycles. The van der Waals surface area contributed by atoms with Crippen LogP contribution >= 0.6 is 0 Å². The molecule has 1 nitrogen and oxygen atoms in total. The summed E-state index contributed by atoms with van der Waals surface area (Å²) in [6.45, 7) is 8.92. The largest absolute Gasteiger partial charge is 0.389 e. The molecule has 5 aliphatic carbocycles. The summed E-state index contributed by atoms with van der Waals surface area (Å²) in [5.74, 6) is 1.93. The third-order valence-electron chi connectivity index (χ3n) is 11.5. The van der Waals surface area contributed by atoms with Crippen LogP contribution in [0.1, 0.15) is 83.6 Å². The van der Waals surface area contributed by atoms with Crippen LogP contribution in [0.2, 0.25) is 0 Å². The lowest BCUT2D eigenvalue weighted by molar-refractivity contribution is -0.0775. The first-order chi connectivity index (χ1) is 16.9. The van der Waals surface area contributed by atoms with Crippen molar-refractivity contribution in [2.45, 2.75) is 90.1 Å². The normalized spacial score (nSPS) is 42.0. The maximum atomic E-state index is 12.4. The fourth-order valence-electron chi connectivity index (χ4n) is 9.63. The molecule has 5 aliphatic rings. The van der Waals surface area contributed by atoms with Gasteiger partial charge in [-0.1, -0.05) is 84.4 Å². The lowest BCUT2D eigenvalue weighted by Gasteiger charge is -2.60. The quantitative estimate of drug-likeness (QED) is 0.430. The molecule has 0 amide bonds. The van der Waals surface area contributed by atoms with Gasteiger partial charge < -0.3 is 5.11 Å². The third kappa shape index (κ3) is 3.44. The molecule has 1 aromatic carbocycles. The first-order valence-corrected chi connectivity index (χ1v) is 14.4. The Balaban J connectivity index is 1.31. The van der Waals surface area contributed by atoms with E-state index in [1.165, 1.54) is 68.1 Å². The van der Waals surface area contributed by atoms with Crippen molar-refractivity contribution in [1.82, 2.24) is 0 Å². The molecule has 0 bridgehead atoms. The Bertz CT molecular complexity index is 1080. The molecule has 0 radical (unpaired) electrons. The second-order valence-electron chi connectivity index (χ2n) is 12.8. The summed E-state index contributed by atoms with van der Waals surface area (Å²) in [5.41, 5.74) is 5.97. The van der Waals surface area contributed by atoms with Gasteiger partial charge in [-0.15, -0.1) is 0 Å². The lowest BCUT2D eigenvalue weighted by Crippen LogP contribution is -2.53. The number of aryl methyl sites for hydroxylation is 1. The Kier molecular flexibility index (Phi) is 5.79. The Labute approximate surface area is 213 Å². The molecule has 2 spiro atoms. The van der Waals surface area contributed by atoms with Crippen molar-refractivity contribution in [3.8, 4) is 0 Å². The maximum Gasteiger partial charge on any atom is 0.0709 e. The third-order valence-corrected chi connectivity index (χ3v) is 11.5. The molecule has 0 aromatic heterocycles. The summed E-state index contributed by atoms with van der Waals surface area (Å²) in [6, 6.07) is 10.9. The smallest absolute Gasteiger partial charge is 0.0709 e. The van der Waals surface area contributed by atoms with Gasteiger partial charge in [-0.25, -0.2) is 0 Å². The molecule has 1 aromatic rings. The van der Waals surface area contributed by atoms with E-state index in [4.69, 9.17) is 0 Å². The molecule has 3 saturated carbocycles. The molecule has 1 N–H and O–H groups in total. The molecular formula is C34H44O. The van der Waals surface area contributed by atoms with Crippen LogP contribution in [-0.4, -0.2) is 10.7 Å². The average molecular weight is 469 g/mol. The van der Waals surface area contributed by atoms with Crippen LogP contribution < -0.4 is 0 Å². The van der Waals surface area contributed by atoms with Crippen LogP contribution in [0.4, 0.5) is 0 Å². The molecule has 0 saturated heterocycles. The number of benzene rings is 1. The predicted octanol–water partition coefficient (Wildman–Crippen LogP) is 8.37. The Hall–Kier alpha value is -1.86. The van der Waals surface area contributed by atoms with Crippen LogP contribution in [0.25, 0.3) is 0 Å². The van der Waals surface area contributed by atoms with Crippen molar-refractivity contribution in [1.29, 1.82) is 0 Å². The number of rotatable bonds is 5. The highest BCUT2D eigenvalue weighted by Crippen LogP contribution is 2.72. The zero-order valence-corrected chi connectivity index (χ0v) is 21.9. The van der Waals surface area contributed by atoms with Gasteiger partial charge in [0.25, 0.3) is 0 Å². The Morgan fingerprint density at radius 3 is 2.71 bits per heavy atom. The van der Waals surface area contributed by atoms with Crippen molar-refractivity contribution < 1.29 is 5.11 Å². The molecule has 7 unspecified atom stereocenters. The van der Waals surface area contributed by atoms with Gasteiger partial charge in [0.15, 0.2) is 0 Å². The van der Waals surface area contributed by atoms with Crippen LogP contribution in [0.3, 0.4) is 0 Å².